The summed E-state index contributed by atoms with van der Waals surface area (Å²) in [5, 5.41) is 3.40. The van der Waals surface area contributed by atoms with Crippen LogP contribution >= 0.6 is 11.6 Å². The first-order valence-electron chi connectivity index (χ1n) is 12.9. The van der Waals surface area contributed by atoms with Gasteiger partial charge in [-0.25, -0.2) is 9.97 Å². The zero-order chi connectivity index (χ0) is 28.1. The summed E-state index contributed by atoms with van der Waals surface area (Å²) in [6.45, 7) is 5.86. The minimum Gasteiger partial charge on any atom is -0.406 e. The molecule has 1 amide bonds. The quantitative estimate of drug-likeness (QED) is 0.333. The normalized spacial score (nSPS) is 16.1. The van der Waals surface area contributed by atoms with Gasteiger partial charge in [-0.3, -0.25) is 9.20 Å². The Morgan fingerprint density at radius 1 is 1.02 bits per heavy atom. The molecular formula is C28H26ClF3N6O2. The molecule has 0 unspecified atom stereocenters. The van der Waals surface area contributed by atoms with Crippen molar-refractivity contribution in [2.75, 3.05) is 36.0 Å². The molecule has 2 saturated heterocycles. The van der Waals surface area contributed by atoms with Crippen LogP contribution in [0.3, 0.4) is 0 Å². The van der Waals surface area contributed by atoms with Crippen LogP contribution in [0.5, 0.6) is 5.75 Å². The Morgan fingerprint density at radius 2 is 1.62 bits per heavy atom. The van der Waals surface area contributed by atoms with Gasteiger partial charge >= 0.3 is 6.36 Å². The van der Waals surface area contributed by atoms with Gasteiger partial charge in [0.25, 0.3) is 5.91 Å². The number of carbonyl (C=O) groups excluding carboxylic acids is 1. The molecule has 0 bridgehead atoms. The molecule has 2 aliphatic heterocycles. The number of hydrogen-bond donors (Lipinski definition) is 1. The first-order chi connectivity index (χ1) is 19.1. The molecule has 2 aromatic carbocycles. The molecule has 2 aliphatic rings. The largest absolute Gasteiger partial charge is 0.573 e. The van der Waals surface area contributed by atoms with Crippen LogP contribution in [0.25, 0.3) is 5.78 Å². The van der Waals surface area contributed by atoms with Crippen LogP contribution in [-0.4, -0.2) is 52.8 Å². The van der Waals surface area contributed by atoms with E-state index in [9.17, 15) is 18.0 Å². The fourth-order valence-corrected chi connectivity index (χ4v) is 5.63. The number of benzene rings is 2. The van der Waals surface area contributed by atoms with E-state index >= 15 is 0 Å². The molecule has 0 saturated carbocycles. The van der Waals surface area contributed by atoms with Crippen molar-refractivity contribution in [1.82, 2.24) is 19.7 Å². The smallest absolute Gasteiger partial charge is 0.406 e. The molecule has 0 atom stereocenters. The lowest BCUT2D eigenvalue weighted by atomic mass is 9.72. The summed E-state index contributed by atoms with van der Waals surface area (Å²) in [7, 11) is 0. The van der Waals surface area contributed by atoms with Crippen molar-refractivity contribution in [2.45, 2.75) is 26.3 Å². The second kappa shape index (κ2) is 9.88. The minimum absolute atomic E-state index is 0.191. The SMILES string of the molecule is CCc1nc2ncc(Cl)cn2c1C(=O)NCc1ccc(N2CC3(C2)CN(c2ccc(OC(F)(F)F)cc2)C3)cc1. The number of nitrogens with zero attached hydrogens (tertiary/aromatic N) is 5. The number of aromatic nitrogens is 3. The number of amides is 1. The van der Waals surface area contributed by atoms with E-state index in [4.69, 9.17) is 11.6 Å². The van der Waals surface area contributed by atoms with Gasteiger partial charge in [-0.1, -0.05) is 30.7 Å². The Kier molecular flexibility index (Phi) is 6.48. The Bertz CT molecular complexity index is 1540. The molecule has 4 heterocycles. The third kappa shape index (κ3) is 5.13. The summed E-state index contributed by atoms with van der Waals surface area (Å²) in [5.41, 5.74) is 4.27. The van der Waals surface area contributed by atoms with Crippen molar-refractivity contribution in [2.24, 2.45) is 5.41 Å². The summed E-state index contributed by atoms with van der Waals surface area (Å²) < 4.78 is 42.7. The number of anilines is 2. The van der Waals surface area contributed by atoms with E-state index < -0.39 is 6.36 Å². The molecular weight excluding hydrogens is 545 g/mol. The highest BCUT2D eigenvalue weighted by Gasteiger charge is 2.51. The van der Waals surface area contributed by atoms with Crippen molar-refractivity contribution in [1.29, 1.82) is 0 Å². The maximum atomic E-state index is 13.0. The first kappa shape index (κ1) is 26.2. The molecule has 0 radical (unpaired) electrons. The topological polar surface area (TPSA) is 75.0 Å². The monoisotopic (exact) mass is 570 g/mol. The summed E-state index contributed by atoms with van der Waals surface area (Å²) in [4.78, 5) is 26.1. The van der Waals surface area contributed by atoms with Gasteiger partial charge in [0.15, 0.2) is 0 Å². The van der Waals surface area contributed by atoms with Gasteiger partial charge in [-0.05, 0) is 48.4 Å². The van der Waals surface area contributed by atoms with Gasteiger partial charge in [0.05, 0.1) is 16.9 Å². The van der Waals surface area contributed by atoms with Gasteiger partial charge in [0.1, 0.15) is 11.4 Å². The van der Waals surface area contributed by atoms with E-state index in [2.05, 4.69) is 42.0 Å². The first-order valence-corrected chi connectivity index (χ1v) is 13.2. The second-order valence-corrected chi connectivity index (χ2v) is 10.7. The van der Waals surface area contributed by atoms with Crippen LogP contribution in [0, 0.1) is 5.41 Å². The van der Waals surface area contributed by atoms with Crippen LogP contribution in [0.15, 0.2) is 60.9 Å². The van der Waals surface area contributed by atoms with E-state index in [-0.39, 0.29) is 17.1 Å². The van der Waals surface area contributed by atoms with Crippen LogP contribution in [0.1, 0.15) is 28.7 Å². The lowest BCUT2D eigenvalue weighted by molar-refractivity contribution is -0.274. The lowest BCUT2D eigenvalue weighted by Crippen LogP contribution is -2.72. The molecule has 2 fully saturated rings. The zero-order valence-electron chi connectivity index (χ0n) is 21.6. The number of aryl methyl sites for hydroxylation is 1. The molecule has 12 heteroatoms. The molecule has 4 aromatic rings. The maximum absolute atomic E-state index is 13.0. The second-order valence-electron chi connectivity index (χ2n) is 10.3. The Labute approximate surface area is 233 Å². The number of imidazole rings is 1. The van der Waals surface area contributed by atoms with Crippen LogP contribution in [0.2, 0.25) is 5.02 Å². The van der Waals surface area contributed by atoms with E-state index in [0.717, 1.165) is 43.1 Å². The summed E-state index contributed by atoms with van der Waals surface area (Å²) in [6, 6.07) is 14.1. The van der Waals surface area contributed by atoms with Gasteiger partial charge in [-0.2, -0.15) is 0 Å². The van der Waals surface area contributed by atoms with Gasteiger partial charge in [-0.15, -0.1) is 13.2 Å². The Morgan fingerprint density at radius 3 is 2.20 bits per heavy atom. The van der Waals surface area contributed by atoms with Crippen molar-refractivity contribution < 1.29 is 22.7 Å². The fourth-order valence-electron chi connectivity index (χ4n) is 5.48. The summed E-state index contributed by atoms with van der Waals surface area (Å²) >= 11 is 6.08. The third-order valence-electron chi connectivity index (χ3n) is 7.37. The fraction of sp³-hybridized carbons (Fsp3) is 0.321. The van der Waals surface area contributed by atoms with Crippen molar-refractivity contribution in [3.8, 4) is 5.75 Å². The number of alkyl halides is 3. The predicted molar refractivity (Wildman–Crippen MR) is 145 cm³/mol. The molecule has 1 N–H and O–H groups in total. The van der Waals surface area contributed by atoms with Crippen molar-refractivity contribution in [3.63, 3.8) is 0 Å². The van der Waals surface area contributed by atoms with E-state index in [1.165, 1.54) is 18.3 Å². The van der Waals surface area contributed by atoms with Crippen LogP contribution in [-0.2, 0) is 13.0 Å². The summed E-state index contributed by atoms with van der Waals surface area (Å²) in [6.07, 6.45) is -0.946. The lowest BCUT2D eigenvalue weighted by Gasteiger charge is -2.61. The van der Waals surface area contributed by atoms with E-state index in [1.54, 1.807) is 22.7 Å². The average Bonchev–Trinajstić information content (AvgIpc) is 3.24. The average molecular weight is 571 g/mol. The van der Waals surface area contributed by atoms with Gasteiger partial charge in [0.2, 0.25) is 5.78 Å². The number of halogens is 4. The zero-order valence-corrected chi connectivity index (χ0v) is 22.3. The molecule has 1 spiro atoms. The van der Waals surface area contributed by atoms with E-state index in [1.807, 2.05) is 19.1 Å². The molecule has 8 nitrogen and oxygen atoms in total. The summed E-state index contributed by atoms with van der Waals surface area (Å²) in [5.74, 6) is -0.0158. The van der Waals surface area contributed by atoms with Crippen LogP contribution in [0.4, 0.5) is 24.5 Å². The highest BCUT2D eigenvalue weighted by Crippen LogP contribution is 2.44. The number of rotatable bonds is 7. The van der Waals surface area contributed by atoms with Crippen molar-refractivity contribution in [3.05, 3.63) is 82.9 Å². The highest BCUT2D eigenvalue weighted by molar-refractivity contribution is 6.30. The highest BCUT2D eigenvalue weighted by atomic mass is 35.5. The van der Waals surface area contributed by atoms with Crippen molar-refractivity contribution >= 4 is 34.7 Å². The van der Waals surface area contributed by atoms with E-state index in [0.29, 0.717) is 35.2 Å². The molecule has 40 heavy (non-hydrogen) atoms. The number of fused-ring (bicyclic) bond motifs is 1. The molecule has 0 aliphatic carbocycles. The minimum atomic E-state index is -4.69. The Balaban J connectivity index is 1.01. The Hall–Kier alpha value is -3.99. The number of nitrogens with one attached hydrogen (secondary N) is 1. The van der Waals surface area contributed by atoms with Gasteiger partial charge < -0.3 is 19.9 Å². The third-order valence-corrected chi connectivity index (χ3v) is 7.56. The van der Waals surface area contributed by atoms with Gasteiger partial charge in [0, 0.05) is 55.7 Å². The standard InChI is InChI=1S/C28H26ClF3N6O2/c1-2-23-24(38-13-19(29)12-34-26(38)35-23)25(39)33-11-18-3-5-20(6-4-18)36-14-27(15-36)16-37(17-27)21-7-9-22(10-8-21)40-28(30,31)32/h3-10,12-13H,2,11,14-17H2,1H3,(H,33,39). The maximum Gasteiger partial charge on any atom is 0.573 e. The number of hydrogen-bond acceptors (Lipinski definition) is 6. The number of ether oxygens (including phenoxy) is 1. The predicted octanol–water partition coefficient (Wildman–Crippen LogP) is 5.10. The molecule has 6 rings (SSSR count). The molecule has 2 aromatic heterocycles. The number of carbonyl (C=O) groups is 1. The molecule has 208 valence electrons. The van der Waals surface area contributed by atoms with Crippen LogP contribution < -0.4 is 19.9 Å².